The van der Waals surface area contributed by atoms with Crippen molar-refractivity contribution < 1.29 is 23.1 Å². The van der Waals surface area contributed by atoms with Crippen LogP contribution in [0.3, 0.4) is 0 Å². The monoisotopic (exact) mass is 234 g/mol. The zero-order chi connectivity index (χ0) is 11.9. The summed E-state index contributed by atoms with van der Waals surface area (Å²) < 4.78 is 38.7. The van der Waals surface area contributed by atoms with Crippen LogP contribution >= 0.6 is 0 Å². The molecule has 2 rings (SSSR count). The molecule has 0 amide bonds. The van der Waals surface area contributed by atoms with Crippen LogP contribution in [0.5, 0.6) is 0 Å². The minimum Gasteiger partial charge on any atom is -0.476 e. The van der Waals surface area contributed by atoms with Gasteiger partial charge in [0, 0.05) is 6.54 Å². The lowest BCUT2D eigenvalue weighted by molar-refractivity contribution is -0.147. The standard InChI is InChI=1S/C9H9F3N2O2/c10-9(11,12)8-13-6(7(15)16)5-3-1-2-4-14(5)8/h1-4H2,(H,15,16). The van der Waals surface area contributed by atoms with Crippen LogP contribution in [0, 0.1) is 0 Å². The highest BCUT2D eigenvalue weighted by Crippen LogP contribution is 2.32. The number of carboxylic acids is 1. The van der Waals surface area contributed by atoms with Gasteiger partial charge in [0.05, 0.1) is 5.69 Å². The summed E-state index contributed by atoms with van der Waals surface area (Å²) in [5.41, 5.74) is -0.280. The minimum absolute atomic E-state index is 0.185. The molecule has 1 N–H and O–H groups in total. The molecule has 1 aromatic rings. The van der Waals surface area contributed by atoms with E-state index in [1.807, 2.05) is 0 Å². The SMILES string of the molecule is O=C(O)c1nc(C(F)(F)F)n2c1CCCC2. The van der Waals surface area contributed by atoms with Crippen molar-refractivity contribution in [2.75, 3.05) is 0 Å². The molecule has 0 saturated heterocycles. The van der Waals surface area contributed by atoms with Crippen molar-refractivity contribution in [1.29, 1.82) is 0 Å². The first-order chi connectivity index (χ1) is 7.41. The average molecular weight is 234 g/mol. The van der Waals surface area contributed by atoms with Gasteiger partial charge in [0.1, 0.15) is 0 Å². The zero-order valence-corrected chi connectivity index (χ0v) is 8.21. The number of imidazole rings is 1. The fourth-order valence-corrected chi connectivity index (χ4v) is 1.93. The van der Waals surface area contributed by atoms with Gasteiger partial charge in [-0.3, -0.25) is 0 Å². The Morgan fingerprint density at radius 1 is 1.38 bits per heavy atom. The maximum atomic E-state index is 12.6. The zero-order valence-electron chi connectivity index (χ0n) is 8.21. The fraction of sp³-hybridized carbons (Fsp3) is 0.556. The third kappa shape index (κ3) is 1.66. The summed E-state index contributed by atoms with van der Waals surface area (Å²) in [5, 5.41) is 8.78. The van der Waals surface area contributed by atoms with Gasteiger partial charge in [-0.2, -0.15) is 13.2 Å². The largest absolute Gasteiger partial charge is 0.476 e. The highest BCUT2D eigenvalue weighted by molar-refractivity contribution is 5.87. The molecule has 0 bridgehead atoms. The van der Waals surface area contributed by atoms with Gasteiger partial charge < -0.3 is 9.67 Å². The van der Waals surface area contributed by atoms with Gasteiger partial charge in [-0.05, 0) is 19.3 Å². The lowest BCUT2D eigenvalue weighted by atomic mass is 10.1. The predicted molar refractivity (Wildman–Crippen MR) is 47.1 cm³/mol. The Bertz CT molecular complexity index is 437. The van der Waals surface area contributed by atoms with E-state index in [1.54, 1.807) is 0 Å². The molecule has 7 heteroatoms. The van der Waals surface area contributed by atoms with Gasteiger partial charge in [-0.25, -0.2) is 9.78 Å². The number of carboxylic acid groups (broad SMARTS) is 1. The van der Waals surface area contributed by atoms with Crippen molar-refractivity contribution in [2.24, 2.45) is 0 Å². The van der Waals surface area contributed by atoms with E-state index in [0.29, 0.717) is 19.3 Å². The van der Waals surface area contributed by atoms with Gasteiger partial charge in [0.25, 0.3) is 0 Å². The number of fused-ring (bicyclic) bond motifs is 1. The highest BCUT2D eigenvalue weighted by Gasteiger charge is 2.40. The quantitative estimate of drug-likeness (QED) is 0.807. The van der Waals surface area contributed by atoms with Gasteiger partial charge in [0.15, 0.2) is 5.69 Å². The first kappa shape index (κ1) is 11.0. The molecule has 0 saturated carbocycles. The van der Waals surface area contributed by atoms with Crippen LogP contribution in [0.25, 0.3) is 0 Å². The van der Waals surface area contributed by atoms with Gasteiger partial charge in [-0.15, -0.1) is 0 Å². The summed E-state index contributed by atoms with van der Waals surface area (Å²) in [5.74, 6) is -2.50. The van der Waals surface area contributed by atoms with E-state index < -0.39 is 23.7 Å². The average Bonchev–Trinajstić information content (AvgIpc) is 2.56. The second kappa shape index (κ2) is 3.50. The van der Waals surface area contributed by atoms with Crippen LogP contribution in [0.4, 0.5) is 13.2 Å². The van der Waals surface area contributed by atoms with E-state index in [0.717, 1.165) is 4.57 Å². The summed E-state index contributed by atoms with van der Waals surface area (Å²) in [7, 11) is 0. The van der Waals surface area contributed by atoms with Crippen LogP contribution in [0.1, 0.15) is 34.8 Å². The molecule has 0 aromatic carbocycles. The molecule has 0 spiro atoms. The first-order valence-electron chi connectivity index (χ1n) is 4.81. The summed E-state index contributed by atoms with van der Waals surface area (Å²) in [4.78, 5) is 14.0. The third-order valence-corrected chi connectivity index (χ3v) is 2.57. The van der Waals surface area contributed by atoms with Crippen molar-refractivity contribution in [3.05, 3.63) is 17.2 Å². The molecule has 1 aromatic heterocycles. The van der Waals surface area contributed by atoms with Crippen molar-refractivity contribution in [3.63, 3.8) is 0 Å². The van der Waals surface area contributed by atoms with Crippen LogP contribution in [-0.2, 0) is 19.1 Å². The van der Waals surface area contributed by atoms with Crippen LogP contribution in [-0.4, -0.2) is 20.6 Å². The topological polar surface area (TPSA) is 55.1 Å². The van der Waals surface area contributed by atoms with Crippen LogP contribution in [0.2, 0.25) is 0 Å². The molecule has 0 fully saturated rings. The van der Waals surface area contributed by atoms with E-state index in [1.165, 1.54) is 0 Å². The van der Waals surface area contributed by atoms with Gasteiger partial charge >= 0.3 is 12.1 Å². The number of aromatic carboxylic acids is 1. The van der Waals surface area contributed by atoms with E-state index in [2.05, 4.69) is 4.98 Å². The summed E-state index contributed by atoms with van der Waals surface area (Å²) in [6.45, 7) is 0.185. The number of hydrogen-bond donors (Lipinski definition) is 1. The molecule has 0 radical (unpaired) electrons. The molecular formula is C9H9F3N2O2. The number of hydrogen-bond acceptors (Lipinski definition) is 2. The molecule has 1 aliphatic rings. The maximum absolute atomic E-state index is 12.6. The Kier molecular flexibility index (Phi) is 2.40. The van der Waals surface area contributed by atoms with Crippen molar-refractivity contribution in [1.82, 2.24) is 9.55 Å². The molecule has 16 heavy (non-hydrogen) atoms. The minimum atomic E-state index is -4.60. The fourth-order valence-electron chi connectivity index (χ4n) is 1.93. The summed E-state index contributed by atoms with van der Waals surface area (Å²) in [6, 6.07) is 0. The van der Waals surface area contributed by atoms with Crippen molar-refractivity contribution in [3.8, 4) is 0 Å². The third-order valence-electron chi connectivity index (χ3n) is 2.57. The number of carbonyl (C=O) groups is 1. The van der Waals surface area contributed by atoms with Crippen molar-refractivity contribution in [2.45, 2.75) is 32.0 Å². The number of aromatic nitrogens is 2. The molecule has 0 unspecified atom stereocenters. The second-order valence-electron chi connectivity index (χ2n) is 3.64. The Morgan fingerprint density at radius 3 is 2.62 bits per heavy atom. The van der Waals surface area contributed by atoms with E-state index in [9.17, 15) is 18.0 Å². The Labute approximate surface area is 88.7 Å². The summed E-state index contributed by atoms with van der Waals surface area (Å²) in [6.07, 6.45) is -2.95. The molecular weight excluding hydrogens is 225 g/mol. The normalized spacial score (nSPS) is 15.9. The smallest absolute Gasteiger partial charge is 0.449 e. The second-order valence-corrected chi connectivity index (χ2v) is 3.64. The van der Waals surface area contributed by atoms with E-state index in [-0.39, 0.29) is 12.2 Å². The number of nitrogens with zero attached hydrogens (tertiary/aromatic N) is 2. The number of alkyl halides is 3. The van der Waals surface area contributed by atoms with Crippen LogP contribution in [0.15, 0.2) is 0 Å². The Hall–Kier alpha value is -1.53. The highest BCUT2D eigenvalue weighted by atomic mass is 19.4. The Morgan fingerprint density at radius 2 is 2.06 bits per heavy atom. The predicted octanol–water partition coefficient (Wildman–Crippen LogP) is 1.94. The lowest BCUT2D eigenvalue weighted by Gasteiger charge is -2.17. The molecule has 0 aliphatic carbocycles. The molecule has 0 atom stereocenters. The van der Waals surface area contributed by atoms with E-state index >= 15 is 0 Å². The molecule has 4 nitrogen and oxygen atoms in total. The van der Waals surface area contributed by atoms with Gasteiger partial charge in [-0.1, -0.05) is 0 Å². The van der Waals surface area contributed by atoms with Gasteiger partial charge in [0.2, 0.25) is 5.82 Å². The molecule has 1 aliphatic heterocycles. The van der Waals surface area contributed by atoms with E-state index in [4.69, 9.17) is 5.11 Å². The van der Waals surface area contributed by atoms with Crippen LogP contribution < -0.4 is 0 Å². The molecule has 2 heterocycles. The number of rotatable bonds is 1. The Balaban J connectivity index is 2.59. The summed E-state index contributed by atoms with van der Waals surface area (Å²) >= 11 is 0. The first-order valence-corrected chi connectivity index (χ1v) is 4.81. The van der Waals surface area contributed by atoms with Crippen molar-refractivity contribution >= 4 is 5.97 Å². The lowest BCUT2D eigenvalue weighted by Crippen LogP contribution is -2.19. The molecule has 88 valence electrons. The number of halogens is 3. The maximum Gasteiger partial charge on any atom is 0.449 e.